The zero-order valence-electron chi connectivity index (χ0n) is 14.4. The molecule has 26 heavy (non-hydrogen) atoms. The van der Waals surface area contributed by atoms with Crippen LogP contribution in [0.25, 0.3) is 21.7 Å². The van der Waals surface area contributed by atoms with Crippen LogP contribution in [0, 0.1) is 0 Å². The standard InChI is InChI=1S/C23H19N3/c1-3-10-21-16(6-1)8-5-9-17(21)12-20-15-24-23(26-20)14-19-13-18-7-2-4-11-22(18)25-19/h1-11,13,15,25H,12,14H2,(H,24,26). The number of hydrogen-bond donors (Lipinski definition) is 2. The van der Waals surface area contributed by atoms with Crippen LogP contribution in [0.1, 0.15) is 22.8 Å². The van der Waals surface area contributed by atoms with Gasteiger partial charge in [-0.05, 0) is 33.9 Å². The van der Waals surface area contributed by atoms with E-state index < -0.39 is 0 Å². The summed E-state index contributed by atoms with van der Waals surface area (Å²) in [5.41, 5.74) is 4.82. The fraction of sp³-hybridized carbons (Fsp3) is 0.0870. The highest BCUT2D eigenvalue weighted by Gasteiger charge is 2.07. The molecule has 0 bridgehead atoms. The van der Waals surface area contributed by atoms with Gasteiger partial charge in [-0.2, -0.15) is 0 Å². The molecule has 0 fully saturated rings. The first-order chi connectivity index (χ1) is 12.8. The molecule has 0 saturated heterocycles. The summed E-state index contributed by atoms with van der Waals surface area (Å²) in [6.45, 7) is 0. The number of nitrogens with zero attached hydrogens (tertiary/aromatic N) is 1. The molecule has 2 aromatic heterocycles. The van der Waals surface area contributed by atoms with Gasteiger partial charge in [-0.3, -0.25) is 0 Å². The number of nitrogens with one attached hydrogen (secondary N) is 2. The van der Waals surface area contributed by atoms with Crippen molar-refractivity contribution in [2.24, 2.45) is 0 Å². The van der Waals surface area contributed by atoms with Crippen LogP contribution < -0.4 is 0 Å². The van der Waals surface area contributed by atoms with Gasteiger partial charge >= 0.3 is 0 Å². The van der Waals surface area contributed by atoms with Crippen molar-refractivity contribution in [1.29, 1.82) is 0 Å². The summed E-state index contributed by atoms with van der Waals surface area (Å²) >= 11 is 0. The summed E-state index contributed by atoms with van der Waals surface area (Å²) in [4.78, 5) is 11.5. The third-order valence-corrected chi connectivity index (χ3v) is 4.89. The lowest BCUT2D eigenvalue weighted by Gasteiger charge is -2.05. The molecule has 3 heteroatoms. The van der Waals surface area contributed by atoms with E-state index in [2.05, 4.69) is 87.7 Å². The number of benzene rings is 3. The number of H-pyrrole nitrogens is 2. The lowest BCUT2D eigenvalue weighted by molar-refractivity contribution is 0.978. The molecule has 2 N–H and O–H groups in total. The zero-order chi connectivity index (χ0) is 17.3. The summed E-state index contributed by atoms with van der Waals surface area (Å²) in [6, 6.07) is 25.6. The minimum absolute atomic E-state index is 0.782. The number of imidazole rings is 1. The number of aromatic nitrogens is 3. The van der Waals surface area contributed by atoms with E-state index in [0.29, 0.717) is 0 Å². The molecule has 0 aliphatic rings. The van der Waals surface area contributed by atoms with Crippen LogP contribution in [0.15, 0.2) is 79.0 Å². The van der Waals surface area contributed by atoms with E-state index in [-0.39, 0.29) is 0 Å². The Morgan fingerprint density at radius 1 is 0.692 bits per heavy atom. The maximum absolute atomic E-state index is 4.58. The van der Waals surface area contributed by atoms with Gasteiger partial charge in [-0.15, -0.1) is 0 Å². The van der Waals surface area contributed by atoms with Crippen molar-refractivity contribution in [1.82, 2.24) is 15.0 Å². The first kappa shape index (κ1) is 15.0. The molecule has 5 rings (SSSR count). The summed E-state index contributed by atoms with van der Waals surface area (Å²) in [7, 11) is 0. The van der Waals surface area contributed by atoms with Crippen LogP contribution in [0.2, 0.25) is 0 Å². The Balaban J connectivity index is 1.39. The fourth-order valence-corrected chi connectivity index (χ4v) is 3.65. The number of para-hydroxylation sites is 1. The maximum atomic E-state index is 4.58. The van der Waals surface area contributed by atoms with E-state index >= 15 is 0 Å². The van der Waals surface area contributed by atoms with Crippen molar-refractivity contribution in [3.05, 3.63) is 102 Å². The Morgan fingerprint density at radius 3 is 2.42 bits per heavy atom. The van der Waals surface area contributed by atoms with Gasteiger partial charge in [-0.1, -0.05) is 60.7 Å². The van der Waals surface area contributed by atoms with Crippen LogP contribution in [-0.2, 0) is 12.8 Å². The van der Waals surface area contributed by atoms with Gasteiger partial charge in [0.1, 0.15) is 5.82 Å². The minimum atomic E-state index is 0.782. The summed E-state index contributed by atoms with van der Waals surface area (Å²) < 4.78 is 0. The Bertz CT molecular complexity index is 1160. The van der Waals surface area contributed by atoms with E-state index in [1.807, 2.05) is 6.20 Å². The number of rotatable bonds is 4. The molecule has 5 aromatic rings. The number of aromatic amines is 2. The van der Waals surface area contributed by atoms with Gasteiger partial charge in [0.15, 0.2) is 0 Å². The molecule has 0 aliphatic heterocycles. The van der Waals surface area contributed by atoms with Crippen molar-refractivity contribution >= 4 is 21.7 Å². The normalized spacial score (nSPS) is 11.4. The Hall–Kier alpha value is -3.33. The van der Waals surface area contributed by atoms with Gasteiger partial charge in [-0.25, -0.2) is 4.98 Å². The average Bonchev–Trinajstić information content (AvgIpc) is 3.28. The third kappa shape index (κ3) is 2.78. The first-order valence-corrected chi connectivity index (χ1v) is 8.91. The van der Waals surface area contributed by atoms with Gasteiger partial charge in [0.2, 0.25) is 0 Å². The lowest BCUT2D eigenvalue weighted by Crippen LogP contribution is -1.93. The number of fused-ring (bicyclic) bond motifs is 2. The second kappa shape index (κ2) is 6.19. The first-order valence-electron chi connectivity index (χ1n) is 8.91. The van der Waals surface area contributed by atoms with Crippen LogP contribution in [-0.4, -0.2) is 15.0 Å². The Morgan fingerprint density at radius 2 is 1.50 bits per heavy atom. The Labute approximate surface area is 151 Å². The smallest absolute Gasteiger partial charge is 0.112 e. The topological polar surface area (TPSA) is 44.5 Å². The minimum Gasteiger partial charge on any atom is -0.358 e. The fourth-order valence-electron chi connectivity index (χ4n) is 3.65. The van der Waals surface area contributed by atoms with Crippen LogP contribution in [0.5, 0.6) is 0 Å². The molecule has 0 aliphatic carbocycles. The molecule has 0 unspecified atom stereocenters. The Kier molecular flexibility index (Phi) is 3.56. The predicted molar refractivity (Wildman–Crippen MR) is 106 cm³/mol. The maximum Gasteiger partial charge on any atom is 0.112 e. The summed E-state index contributed by atoms with van der Waals surface area (Å²) in [5, 5.41) is 3.83. The molecule has 3 aromatic carbocycles. The highest BCUT2D eigenvalue weighted by Crippen LogP contribution is 2.21. The second-order valence-electron chi connectivity index (χ2n) is 6.73. The summed E-state index contributed by atoms with van der Waals surface area (Å²) in [6.07, 6.45) is 3.60. The monoisotopic (exact) mass is 337 g/mol. The van der Waals surface area contributed by atoms with Crippen LogP contribution >= 0.6 is 0 Å². The molecule has 3 nitrogen and oxygen atoms in total. The van der Waals surface area contributed by atoms with Crippen molar-refractivity contribution in [2.75, 3.05) is 0 Å². The molecule has 0 spiro atoms. The van der Waals surface area contributed by atoms with E-state index in [1.54, 1.807) is 0 Å². The highest BCUT2D eigenvalue weighted by atomic mass is 14.9. The van der Waals surface area contributed by atoms with E-state index in [9.17, 15) is 0 Å². The molecule has 2 heterocycles. The lowest BCUT2D eigenvalue weighted by atomic mass is 10.0. The SMILES string of the molecule is c1ccc2[nH]c(Cc3ncc(Cc4cccc5ccccc45)[nH]3)cc2c1. The quantitative estimate of drug-likeness (QED) is 0.463. The molecule has 126 valence electrons. The molecule has 0 radical (unpaired) electrons. The van der Waals surface area contributed by atoms with Crippen molar-refractivity contribution in [3.8, 4) is 0 Å². The molecule has 0 amide bonds. The molecule has 0 atom stereocenters. The molecule has 0 saturated carbocycles. The van der Waals surface area contributed by atoms with E-state index in [0.717, 1.165) is 24.4 Å². The van der Waals surface area contributed by atoms with E-state index in [4.69, 9.17) is 0 Å². The van der Waals surface area contributed by atoms with Gasteiger partial charge in [0.05, 0.1) is 0 Å². The van der Waals surface area contributed by atoms with Gasteiger partial charge in [0, 0.05) is 35.9 Å². The van der Waals surface area contributed by atoms with Crippen molar-refractivity contribution in [2.45, 2.75) is 12.8 Å². The summed E-state index contributed by atoms with van der Waals surface area (Å²) in [5.74, 6) is 0.992. The third-order valence-electron chi connectivity index (χ3n) is 4.89. The second-order valence-corrected chi connectivity index (χ2v) is 6.73. The zero-order valence-corrected chi connectivity index (χ0v) is 14.4. The predicted octanol–water partition coefficient (Wildman–Crippen LogP) is 5.23. The number of hydrogen-bond acceptors (Lipinski definition) is 1. The molecular weight excluding hydrogens is 318 g/mol. The van der Waals surface area contributed by atoms with Gasteiger partial charge < -0.3 is 9.97 Å². The van der Waals surface area contributed by atoms with Crippen molar-refractivity contribution < 1.29 is 0 Å². The molecular formula is C23H19N3. The van der Waals surface area contributed by atoms with Crippen molar-refractivity contribution in [3.63, 3.8) is 0 Å². The van der Waals surface area contributed by atoms with Crippen LogP contribution in [0.4, 0.5) is 0 Å². The van der Waals surface area contributed by atoms with Crippen LogP contribution in [0.3, 0.4) is 0 Å². The van der Waals surface area contributed by atoms with E-state index in [1.165, 1.54) is 32.9 Å². The average molecular weight is 337 g/mol. The highest BCUT2D eigenvalue weighted by molar-refractivity contribution is 5.85. The van der Waals surface area contributed by atoms with Gasteiger partial charge in [0.25, 0.3) is 0 Å². The largest absolute Gasteiger partial charge is 0.358 e.